The lowest BCUT2D eigenvalue weighted by atomic mass is 10.2. The number of hydrogen-bond acceptors (Lipinski definition) is 2. The van der Waals surface area contributed by atoms with Crippen LogP contribution in [0.3, 0.4) is 0 Å². The average Bonchev–Trinajstić information content (AvgIpc) is 2.19. The molecule has 1 rings (SSSR count). The number of benzene rings is 1. The van der Waals surface area contributed by atoms with Crippen LogP contribution in [0.2, 0.25) is 0 Å². The Morgan fingerprint density at radius 2 is 2.07 bits per heavy atom. The van der Waals surface area contributed by atoms with Gasteiger partial charge in [0.25, 0.3) is 0 Å². The first-order chi connectivity index (χ1) is 6.74. The van der Waals surface area contributed by atoms with E-state index in [1.807, 2.05) is 25.1 Å². The van der Waals surface area contributed by atoms with Gasteiger partial charge in [-0.3, -0.25) is 0 Å². The second-order valence-electron chi connectivity index (χ2n) is 2.67. The van der Waals surface area contributed by atoms with Crippen LogP contribution in [0.4, 0.5) is 0 Å². The van der Waals surface area contributed by atoms with E-state index in [0.717, 1.165) is 4.47 Å². The molecule has 0 heterocycles. The Balaban J connectivity index is 2.56. The molecule has 14 heavy (non-hydrogen) atoms. The first kappa shape index (κ1) is 11.0. The van der Waals surface area contributed by atoms with E-state index in [4.69, 9.17) is 4.74 Å². The van der Waals surface area contributed by atoms with Gasteiger partial charge in [0, 0.05) is 4.47 Å². The zero-order valence-corrected chi connectivity index (χ0v) is 9.45. The Hall–Kier alpha value is -1.09. The van der Waals surface area contributed by atoms with E-state index in [2.05, 4.69) is 15.9 Å². The van der Waals surface area contributed by atoms with Gasteiger partial charge in [0.2, 0.25) is 0 Å². The number of halogens is 1. The molecule has 0 aliphatic heterocycles. The van der Waals surface area contributed by atoms with Crippen molar-refractivity contribution >= 4 is 21.9 Å². The van der Waals surface area contributed by atoms with E-state index in [1.54, 1.807) is 18.2 Å². The van der Waals surface area contributed by atoms with Gasteiger partial charge >= 0.3 is 5.97 Å². The van der Waals surface area contributed by atoms with Gasteiger partial charge in [0.05, 0.1) is 5.56 Å². The number of carbonyl (C=O) groups excluding carboxylic acids is 1. The largest absolute Gasteiger partial charge is 0.458 e. The van der Waals surface area contributed by atoms with Gasteiger partial charge < -0.3 is 4.74 Å². The lowest BCUT2D eigenvalue weighted by Crippen LogP contribution is -2.04. The number of carbonyl (C=O) groups is 1. The van der Waals surface area contributed by atoms with Gasteiger partial charge in [0.1, 0.15) is 6.61 Å². The van der Waals surface area contributed by atoms with Crippen molar-refractivity contribution < 1.29 is 9.53 Å². The van der Waals surface area contributed by atoms with Gasteiger partial charge in [-0.05, 0) is 31.2 Å². The minimum absolute atomic E-state index is 0.296. The van der Waals surface area contributed by atoms with Crippen molar-refractivity contribution in [3.05, 3.63) is 46.5 Å². The molecule has 0 amide bonds. The van der Waals surface area contributed by atoms with E-state index >= 15 is 0 Å². The monoisotopic (exact) mass is 254 g/mol. The summed E-state index contributed by atoms with van der Waals surface area (Å²) in [4.78, 5) is 11.4. The van der Waals surface area contributed by atoms with Gasteiger partial charge in [-0.15, -0.1) is 0 Å². The van der Waals surface area contributed by atoms with E-state index in [9.17, 15) is 4.79 Å². The van der Waals surface area contributed by atoms with E-state index < -0.39 is 0 Å². The normalized spacial score (nSPS) is 10.4. The predicted octanol–water partition coefficient (Wildman–Crippen LogP) is 3.18. The van der Waals surface area contributed by atoms with Gasteiger partial charge in [-0.2, -0.15) is 0 Å². The second-order valence-corrected chi connectivity index (χ2v) is 3.59. The summed E-state index contributed by atoms with van der Waals surface area (Å²) in [7, 11) is 0. The van der Waals surface area contributed by atoms with Crippen LogP contribution in [0.1, 0.15) is 17.3 Å². The Labute approximate surface area is 91.7 Å². The third-order valence-corrected chi connectivity index (χ3v) is 2.15. The third kappa shape index (κ3) is 3.34. The molecule has 2 nitrogen and oxygen atoms in total. The maximum atomic E-state index is 11.4. The molecule has 0 bridgehead atoms. The second kappa shape index (κ2) is 5.60. The smallest absolute Gasteiger partial charge is 0.338 e. The SMILES string of the molecule is CC=CCOC(=O)c1ccc(Br)cc1. The number of rotatable bonds is 3. The molecule has 74 valence electrons. The minimum Gasteiger partial charge on any atom is -0.458 e. The van der Waals surface area contributed by atoms with Gasteiger partial charge in [0.15, 0.2) is 0 Å². The first-order valence-electron chi connectivity index (χ1n) is 4.28. The summed E-state index contributed by atoms with van der Waals surface area (Å²) in [5.74, 6) is -0.296. The summed E-state index contributed by atoms with van der Waals surface area (Å²) in [6.07, 6.45) is 3.63. The van der Waals surface area contributed by atoms with Crippen LogP contribution in [0.25, 0.3) is 0 Å². The molecule has 1 aromatic carbocycles. The van der Waals surface area contributed by atoms with Crippen molar-refractivity contribution in [2.24, 2.45) is 0 Å². The fourth-order valence-corrected chi connectivity index (χ4v) is 1.15. The fourth-order valence-electron chi connectivity index (χ4n) is 0.889. The molecule has 0 aliphatic rings. The molecule has 0 saturated heterocycles. The lowest BCUT2D eigenvalue weighted by molar-refractivity contribution is 0.0549. The van der Waals surface area contributed by atoms with E-state index in [-0.39, 0.29) is 5.97 Å². The van der Waals surface area contributed by atoms with Crippen LogP contribution in [0.15, 0.2) is 40.9 Å². The van der Waals surface area contributed by atoms with Crippen molar-refractivity contribution in [3.63, 3.8) is 0 Å². The number of allylic oxidation sites excluding steroid dienone is 1. The Bertz CT molecular complexity index is 328. The van der Waals surface area contributed by atoms with Crippen molar-refractivity contribution in [3.8, 4) is 0 Å². The quantitative estimate of drug-likeness (QED) is 0.612. The van der Waals surface area contributed by atoms with Crippen LogP contribution >= 0.6 is 15.9 Å². The summed E-state index contributed by atoms with van der Waals surface area (Å²) in [6, 6.07) is 7.07. The molecule has 3 heteroatoms. The zero-order valence-electron chi connectivity index (χ0n) is 7.87. The highest BCUT2D eigenvalue weighted by Gasteiger charge is 2.04. The Morgan fingerprint density at radius 1 is 1.43 bits per heavy atom. The molecule has 0 aromatic heterocycles. The summed E-state index contributed by atoms with van der Waals surface area (Å²) in [6.45, 7) is 2.21. The van der Waals surface area contributed by atoms with E-state index in [0.29, 0.717) is 12.2 Å². The highest BCUT2D eigenvalue weighted by atomic mass is 79.9. The molecule has 0 atom stereocenters. The summed E-state index contributed by atoms with van der Waals surface area (Å²) < 4.78 is 5.91. The molecular weight excluding hydrogens is 244 g/mol. The third-order valence-electron chi connectivity index (χ3n) is 1.63. The van der Waals surface area contributed by atoms with Crippen LogP contribution in [0, 0.1) is 0 Å². The fraction of sp³-hybridized carbons (Fsp3) is 0.182. The van der Waals surface area contributed by atoms with Crippen LogP contribution in [-0.4, -0.2) is 12.6 Å². The van der Waals surface area contributed by atoms with Gasteiger partial charge in [-0.25, -0.2) is 4.79 Å². The molecule has 1 aromatic rings. The van der Waals surface area contributed by atoms with Crippen LogP contribution in [-0.2, 0) is 4.74 Å². The molecular formula is C11H11BrO2. The Kier molecular flexibility index (Phi) is 4.40. The zero-order chi connectivity index (χ0) is 10.4. The highest BCUT2D eigenvalue weighted by Crippen LogP contribution is 2.11. The predicted molar refractivity (Wildman–Crippen MR) is 59.2 cm³/mol. The molecule has 0 unspecified atom stereocenters. The average molecular weight is 255 g/mol. The maximum absolute atomic E-state index is 11.4. The molecule has 0 saturated carbocycles. The molecule has 0 spiro atoms. The summed E-state index contributed by atoms with van der Waals surface area (Å²) in [5, 5.41) is 0. The number of hydrogen-bond donors (Lipinski definition) is 0. The van der Waals surface area contributed by atoms with Gasteiger partial charge in [-0.1, -0.05) is 28.1 Å². The summed E-state index contributed by atoms with van der Waals surface area (Å²) >= 11 is 3.30. The topological polar surface area (TPSA) is 26.3 Å². The molecule has 0 radical (unpaired) electrons. The summed E-state index contributed by atoms with van der Waals surface area (Å²) in [5.41, 5.74) is 0.567. The molecule has 0 N–H and O–H groups in total. The maximum Gasteiger partial charge on any atom is 0.338 e. The van der Waals surface area contributed by atoms with Crippen LogP contribution in [0.5, 0.6) is 0 Å². The standard InChI is InChI=1S/C11H11BrO2/c1-2-3-8-14-11(13)9-4-6-10(12)7-5-9/h2-7H,8H2,1H3. The highest BCUT2D eigenvalue weighted by molar-refractivity contribution is 9.10. The van der Waals surface area contributed by atoms with Crippen molar-refractivity contribution in [1.29, 1.82) is 0 Å². The van der Waals surface area contributed by atoms with Crippen molar-refractivity contribution in [2.45, 2.75) is 6.92 Å². The lowest BCUT2D eigenvalue weighted by Gasteiger charge is -2.01. The number of esters is 1. The number of ether oxygens (including phenoxy) is 1. The minimum atomic E-state index is -0.296. The molecule has 0 aliphatic carbocycles. The Morgan fingerprint density at radius 3 is 2.64 bits per heavy atom. The van der Waals surface area contributed by atoms with Crippen molar-refractivity contribution in [1.82, 2.24) is 0 Å². The van der Waals surface area contributed by atoms with Crippen LogP contribution < -0.4 is 0 Å². The van der Waals surface area contributed by atoms with Crippen molar-refractivity contribution in [2.75, 3.05) is 6.61 Å². The van der Waals surface area contributed by atoms with E-state index in [1.165, 1.54) is 0 Å². The molecule has 0 fully saturated rings. The first-order valence-corrected chi connectivity index (χ1v) is 5.07.